The van der Waals surface area contributed by atoms with Gasteiger partial charge in [-0.25, -0.2) is 0 Å². The highest BCUT2D eigenvalue weighted by Crippen LogP contribution is 2.45. The smallest absolute Gasteiger partial charge is 0.275 e. The summed E-state index contributed by atoms with van der Waals surface area (Å²) in [5.74, 6) is 0.496. The van der Waals surface area contributed by atoms with Gasteiger partial charge in [-0.2, -0.15) is 0 Å². The zero-order valence-corrected chi connectivity index (χ0v) is 12.5. The summed E-state index contributed by atoms with van der Waals surface area (Å²) in [4.78, 5) is 25.2. The summed E-state index contributed by atoms with van der Waals surface area (Å²) in [6.07, 6.45) is 0. The van der Waals surface area contributed by atoms with E-state index in [4.69, 9.17) is 9.47 Å². The molecule has 1 spiro atoms. The average Bonchev–Trinajstić information content (AvgIpc) is 2.84. The lowest BCUT2D eigenvalue weighted by atomic mass is 9.95. The molecular weight excluding hydrogens is 310 g/mol. The first-order chi connectivity index (χ1) is 11.7. The van der Waals surface area contributed by atoms with Crippen LogP contribution in [0, 0.1) is 0 Å². The van der Waals surface area contributed by atoms with Gasteiger partial charge in [0.1, 0.15) is 13.2 Å². The molecule has 0 aliphatic carbocycles. The van der Waals surface area contributed by atoms with Crippen molar-refractivity contribution in [1.82, 2.24) is 5.32 Å². The van der Waals surface area contributed by atoms with E-state index in [1.54, 1.807) is 30.3 Å². The monoisotopic (exact) mass is 323 g/mol. The normalized spacial score (nSPS) is 23.0. The highest BCUT2D eigenvalue weighted by Gasteiger charge is 2.51. The van der Waals surface area contributed by atoms with Crippen LogP contribution in [0.2, 0.25) is 0 Å². The van der Waals surface area contributed by atoms with Crippen LogP contribution in [0.4, 0.5) is 11.4 Å². The molecule has 3 aliphatic heterocycles. The first-order valence-electron chi connectivity index (χ1n) is 7.63. The Hall–Kier alpha value is -3.22. The number of para-hydroxylation sites is 1. The maximum absolute atomic E-state index is 12.7. The fourth-order valence-corrected chi connectivity index (χ4v) is 3.35. The molecule has 1 atom stereocenters. The number of anilines is 2. The molecule has 7 nitrogen and oxygen atoms in total. The Morgan fingerprint density at radius 1 is 0.917 bits per heavy atom. The van der Waals surface area contributed by atoms with Gasteiger partial charge in [0.05, 0.1) is 11.3 Å². The lowest BCUT2D eigenvalue weighted by Gasteiger charge is -2.35. The Morgan fingerprint density at radius 2 is 1.67 bits per heavy atom. The Bertz CT molecular complexity index is 911. The third-order valence-electron chi connectivity index (χ3n) is 4.47. The number of ether oxygens (including phenoxy) is 2. The standard InChI is InChI=1S/C17H13N3O4/c21-15-9-3-1-2-4-11(9)19-17(20-15)10-7-13-14(24-6-5-23-13)8-12(10)18-16(17)22/h1-4,7-8,19H,5-6H2,(H,18,22)(H,20,21)/t17-/m1/s1. The fraction of sp³-hybridized carbons (Fsp3) is 0.176. The summed E-state index contributed by atoms with van der Waals surface area (Å²) >= 11 is 0. The van der Waals surface area contributed by atoms with Crippen molar-refractivity contribution < 1.29 is 19.1 Å². The second kappa shape index (κ2) is 4.41. The summed E-state index contributed by atoms with van der Waals surface area (Å²) in [6.45, 7) is 0.913. The summed E-state index contributed by atoms with van der Waals surface area (Å²) in [7, 11) is 0. The number of nitrogens with one attached hydrogen (secondary N) is 3. The van der Waals surface area contributed by atoms with Gasteiger partial charge in [-0.1, -0.05) is 12.1 Å². The Morgan fingerprint density at radius 3 is 2.50 bits per heavy atom. The largest absolute Gasteiger partial charge is 0.486 e. The molecular formula is C17H13N3O4. The molecule has 0 unspecified atom stereocenters. The van der Waals surface area contributed by atoms with Crippen LogP contribution < -0.4 is 25.4 Å². The quantitative estimate of drug-likeness (QED) is 0.682. The molecule has 0 saturated heterocycles. The van der Waals surface area contributed by atoms with Crippen molar-refractivity contribution in [1.29, 1.82) is 0 Å². The molecule has 2 aromatic rings. The second-order valence-electron chi connectivity index (χ2n) is 5.87. The number of hydrogen-bond donors (Lipinski definition) is 3. The van der Waals surface area contributed by atoms with E-state index in [1.165, 1.54) is 0 Å². The van der Waals surface area contributed by atoms with Crippen LogP contribution in [-0.4, -0.2) is 25.0 Å². The molecule has 24 heavy (non-hydrogen) atoms. The van der Waals surface area contributed by atoms with Crippen molar-refractivity contribution in [3.63, 3.8) is 0 Å². The molecule has 3 N–H and O–H groups in total. The highest BCUT2D eigenvalue weighted by molar-refractivity contribution is 6.14. The van der Waals surface area contributed by atoms with Gasteiger partial charge in [-0.3, -0.25) is 9.59 Å². The summed E-state index contributed by atoms with van der Waals surface area (Å²) in [5, 5.41) is 8.79. The molecule has 2 aromatic carbocycles. The number of carbonyl (C=O) groups excluding carboxylic acids is 2. The molecule has 0 bridgehead atoms. The van der Waals surface area contributed by atoms with Gasteiger partial charge in [0.2, 0.25) is 5.66 Å². The maximum atomic E-state index is 12.7. The van der Waals surface area contributed by atoms with E-state index < -0.39 is 5.66 Å². The van der Waals surface area contributed by atoms with Crippen molar-refractivity contribution in [2.45, 2.75) is 5.66 Å². The highest BCUT2D eigenvalue weighted by atomic mass is 16.6. The van der Waals surface area contributed by atoms with Crippen LogP contribution >= 0.6 is 0 Å². The van der Waals surface area contributed by atoms with Gasteiger partial charge in [0, 0.05) is 17.3 Å². The third kappa shape index (κ3) is 1.61. The van der Waals surface area contributed by atoms with Gasteiger partial charge in [0.25, 0.3) is 11.8 Å². The third-order valence-corrected chi connectivity index (χ3v) is 4.47. The summed E-state index contributed by atoms with van der Waals surface area (Å²) in [5.41, 5.74) is 0.966. The van der Waals surface area contributed by atoms with Crippen LogP contribution in [0.25, 0.3) is 0 Å². The predicted molar refractivity (Wildman–Crippen MR) is 85.3 cm³/mol. The molecule has 120 valence electrons. The van der Waals surface area contributed by atoms with E-state index in [0.29, 0.717) is 47.2 Å². The fourth-order valence-electron chi connectivity index (χ4n) is 3.35. The molecule has 0 radical (unpaired) electrons. The Balaban J connectivity index is 1.68. The minimum Gasteiger partial charge on any atom is -0.486 e. The van der Waals surface area contributed by atoms with E-state index >= 15 is 0 Å². The number of fused-ring (bicyclic) bond motifs is 4. The minimum atomic E-state index is -1.35. The van der Waals surface area contributed by atoms with Crippen molar-refractivity contribution in [3.05, 3.63) is 47.5 Å². The zero-order chi connectivity index (χ0) is 16.3. The number of carbonyl (C=O) groups is 2. The van der Waals surface area contributed by atoms with Crippen LogP contribution in [0.3, 0.4) is 0 Å². The molecule has 3 aliphatic rings. The van der Waals surface area contributed by atoms with E-state index in [-0.39, 0.29) is 11.8 Å². The molecule has 3 heterocycles. The molecule has 5 rings (SSSR count). The SMILES string of the molecule is O=C1N[C@@]2(Nc3ccccc31)C(=O)Nc1cc3c(cc12)OCCO3. The van der Waals surface area contributed by atoms with Crippen molar-refractivity contribution in [2.24, 2.45) is 0 Å². The molecule has 0 aromatic heterocycles. The van der Waals surface area contributed by atoms with Gasteiger partial charge >= 0.3 is 0 Å². The van der Waals surface area contributed by atoms with E-state index in [0.717, 1.165) is 0 Å². The van der Waals surface area contributed by atoms with Crippen molar-refractivity contribution in [3.8, 4) is 11.5 Å². The van der Waals surface area contributed by atoms with Crippen LogP contribution in [0.1, 0.15) is 15.9 Å². The molecule has 0 fully saturated rings. The first kappa shape index (κ1) is 13.2. The molecule has 0 saturated carbocycles. The molecule has 2 amide bonds. The average molecular weight is 323 g/mol. The number of benzene rings is 2. The van der Waals surface area contributed by atoms with Crippen molar-refractivity contribution in [2.75, 3.05) is 23.8 Å². The van der Waals surface area contributed by atoms with Crippen LogP contribution in [0.5, 0.6) is 11.5 Å². The van der Waals surface area contributed by atoms with E-state index in [9.17, 15) is 9.59 Å². The zero-order valence-electron chi connectivity index (χ0n) is 12.5. The van der Waals surface area contributed by atoms with Gasteiger partial charge in [-0.05, 0) is 18.2 Å². The Labute approximate surface area is 136 Å². The summed E-state index contributed by atoms with van der Waals surface area (Å²) in [6, 6.07) is 10.5. The topological polar surface area (TPSA) is 88.7 Å². The predicted octanol–water partition coefficient (Wildman–Crippen LogP) is 1.42. The number of rotatable bonds is 0. The van der Waals surface area contributed by atoms with Gasteiger partial charge in [0.15, 0.2) is 11.5 Å². The van der Waals surface area contributed by atoms with E-state index in [2.05, 4.69) is 16.0 Å². The summed E-state index contributed by atoms with van der Waals surface area (Å²) < 4.78 is 11.2. The number of hydrogen-bond acceptors (Lipinski definition) is 5. The second-order valence-corrected chi connectivity index (χ2v) is 5.87. The number of amides is 2. The first-order valence-corrected chi connectivity index (χ1v) is 7.63. The minimum absolute atomic E-state index is 0.303. The lowest BCUT2D eigenvalue weighted by molar-refractivity contribution is -0.120. The van der Waals surface area contributed by atoms with Crippen LogP contribution in [0.15, 0.2) is 36.4 Å². The van der Waals surface area contributed by atoms with Gasteiger partial charge in [-0.15, -0.1) is 0 Å². The maximum Gasteiger partial charge on any atom is 0.275 e. The molecule has 7 heteroatoms. The van der Waals surface area contributed by atoms with Gasteiger partial charge < -0.3 is 25.4 Å². The van der Waals surface area contributed by atoms with Crippen molar-refractivity contribution >= 4 is 23.2 Å². The Kier molecular flexibility index (Phi) is 2.43. The van der Waals surface area contributed by atoms with Crippen LogP contribution in [-0.2, 0) is 10.5 Å². The van der Waals surface area contributed by atoms with E-state index in [1.807, 2.05) is 6.07 Å². The lowest BCUT2D eigenvalue weighted by Crippen LogP contribution is -2.59.